The second-order valence-corrected chi connectivity index (χ2v) is 9.85. The molecule has 10 nitrogen and oxygen atoms in total. The van der Waals surface area contributed by atoms with Crippen LogP contribution in [0.2, 0.25) is 5.02 Å². The number of nitrogens with one attached hydrogen (secondary N) is 1. The number of amides is 3. The van der Waals surface area contributed by atoms with Crippen LogP contribution < -0.4 is 5.32 Å². The number of halogens is 1. The molecule has 1 aliphatic heterocycles. The van der Waals surface area contributed by atoms with Crippen molar-refractivity contribution in [3.05, 3.63) is 58.6 Å². The van der Waals surface area contributed by atoms with Crippen molar-refractivity contribution in [3.8, 4) is 0 Å². The number of fused-ring (bicyclic) bond motifs is 1. The number of anilines is 1. The highest BCUT2D eigenvalue weighted by molar-refractivity contribution is 7.89. The zero-order valence-corrected chi connectivity index (χ0v) is 19.4. The first kappa shape index (κ1) is 24.4. The Morgan fingerprint density at radius 1 is 1.09 bits per heavy atom. The molecule has 0 fully saturated rings. The summed E-state index contributed by atoms with van der Waals surface area (Å²) >= 11 is 6.03. The number of carbonyl (C=O) groups is 4. The molecular formula is C21H20ClN3O7S. The van der Waals surface area contributed by atoms with Crippen molar-refractivity contribution in [2.75, 3.05) is 26.0 Å². The van der Waals surface area contributed by atoms with E-state index in [9.17, 15) is 27.6 Å². The van der Waals surface area contributed by atoms with Crippen LogP contribution in [0, 0.1) is 0 Å². The van der Waals surface area contributed by atoms with Crippen molar-refractivity contribution in [1.29, 1.82) is 0 Å². The van der Waals surface area contributed by atoms with E-state index in [4.69, 9.17) is 16.3 Å². The van der Waals surface area contributed by atoms with Gasteiger partial charge in [0.2, 0.25) is 10.0 Å². The summed E-state index contributed by atoms with van der Waals surface area (Å²) in [5, 5.41) is 2.45. The van der Waals surface area contributed by atoms with Crippen molar-refractivity contribution in [2.45, 2.75) is 17.9 Å². The first-order valence-electron chi connectivity index (χ1n) is 9.60. The van der Waals surface area contributed by atoms with Crippen molar-refractivity contribution < 1.29 is 32.3 Å². The average Bonchev–Trinajstić information content (AvgIpc) is 3.03. The minimum Gasteiger partial charge on any atom is -0.454 e. The van der Waals surface area contributed by atoms with Crippen molar-refractivity contribution in [1.82, 2.24) is 9.21 Å². The highest BCUT2D eigenvalue weighted by atomic mass is 35.5. The van der Waals surface area contributed by atoms with E-state index in [0.717, 1.165) is 9.21 Å². The molecule has 0 spiro atoms. The van der Waals surface area contributed by atoms with Crippen LogP contribution in [0.15, 0.2) is 47.4 Å². The van der Waals surface area contributed by atoms with Gasteiger partial charge in [-0.3, -0.25) is 19.3 Å². The second kappa shape index (κ2) is 9.30. The van der Waals surface area contributed by atoms with Crippen LogP contribution in [0.25, 0.3) is 0 Å². The van der Waals surface area contributed by atoms with Gasteiger partial charge >= 0.3 is 5.97 Å². The quantitative estimate of drug-likeness (QED) is 0.459. The van der Waals surface area contributed by atoms with E-state index in [0.29, 0.717) is 0 Å². The summed E-state index contributed by atoms with van der Waals surface area (Å²) in [4.78, 5) is 50.3. The molecule has 0 aliphatic carbocycles. The average molecular weight is 494 g/mol. The maximum absolute atomic E-state index is 12.5. The van der Waals surface area contributed by atoms with Crippen LogP contribution >= 0.6 is 11.6 Å². The Hall–Kier alpha value is -3.28. The fourth-order valence-corrected chi connectivity index (χ4v) is 4.17. The number of nitrogens with zero attached hydrogens (tertiary/aromatic N) is 2. The molecule has 174 valence electrons. The number of rotatable bonds is 7. The van der Waals surface area contributed by atoms with Crippen LogP contribution in [0.4, 0.5) is 5.69 Å². The van der Waals surface area contributed by atoms with Crippen molar-refractivity contribution >= 4 is 51.0 Å². The molecule has 0 radical (unpaired) electrons. The van der Waals surface area contributed by atoms with E-state index in [2.05, 4.69) is 5.32 Å². The van der Waals surface area contributed by atoms with Crippen LogP contribution in [-0.2, 0) is 24.3 Å². The minimum absolute atomic E-state index is 0.00837. The summed E-state index contributed by atoms with van der Waals surface area (Å²) in [6.07, 6.45) is 0. The van der Waals surface area contributed by atoms with E-state index < -0.39 is 46.4 Å². The molecular weight excluding hydrogens is 474 g/mol. The zero-order chi connectivity index (χ0) is 24.5. The van der Waals surface area contributed by atoms with Gasteiger partial charge in [-0.1, -0.05) is 23.7 Å². The maximum atomic E-state index is 12.5. The first-order valence-corrected chi connectivity index (χ1v) is 11.4. The molecule has 2 aromatic rings. The first-order chi connectivity index (χ1) is 15.4. The third kappa shape index (κ3) is 4.75. The highest BCUT2D eigenvalue weighted by Crippen LogP contribution is 2.27. The van der Waals surface area contributed by atoms with Crippen LogP contribution in [0.5, 0.6) is 0 Å². The Balaban J connectivity index is 1.64. The third-order valence-electron chi connectivity index (χ3n) is 4.89. The van der Waals surface area contributed by atoms with Gasteiger partial charge in [-0.15, -0.1) is 0 Å². The fourth-order valence-electron chi connectivity index (χ4n) is 3.08. The van der Waals surface area contributed by atoms with Crippen molar-refractivity contribution in [2.24, 2.45) is 0 Å². The van der Waals surface area contributed by atoms with Crippen molar-refractivity contribution in [3.63, 3.8) is 0 Å². The molecule has 1 N–H and O–H groups in total. The lowest BCUT2D eigenvalue weighted by atomic mass is 10.1. The van der Waals surface area contributed by atoms with Gasteiger partial charge < -0.3 is 10.1 Å². The van der Waals surface area contributed by atoms with E-state index in [1.807, 2.05) is 0 Å². The Morgan fingerprint density at radius 3 is 2.21 bits per heavy atom. The normalized spacial score (nSPS) is 14.3. The number of hydrogen-bond acceptors (Lipinski definition) is 7. The standard InChI is InChI=1S/C21H20ClN3O7S/c1-12(25-19(27)14-6-4-5-7-15(14)20(25)28)21(29)32-11-18(26)23-17-10-13(8-9-16(17)22)33(30,31)24(2)3/h4-10,12H,11H2,1-3H3,(H,23,26)/t12-/m1/s1. The molecule has 33 heavy (non-hydrogen) atoms. The molecule has 1 heterocycles. The van der Waals surface area contributed by atoms with Gasteiger partial charge in [0.25, 0.3) is 17.7 Å². The Bertz CT molecular complexity index is 1230. The molecule has 1 aliphatic rings. The predicted molar refractivity (Wildman–Crippen MR) is 118 cm³/mol. The summed E-state index contributed by atoms with van der Waals surface area (Å²) in [6, 6.07) is 8.68. The molecule has 0 saturated heterocycles. The zero-order valence-electron chi connectivity index (χ0n) is 17.9. The lowest BCUT2D eigenvalue weighted by Gasteiger charge is -2.20. The number of sulfonamides is 1. The molecule has 1 atom stereocenters. The number of benzene rings is 2. The fraction of sp³-hybridized carbons (Fsp3) is 0.238. The Labute approximate surface area is 195 Å². The van der Waals surface area contributed by atoms with Gasteiger partial charge in [-0.05, 0) is 37.3 Å². The smallest absolute Gasteiger partial charge is 0.329 e. The molecule has 3 rings (SSSR count). The van der Waals surface area contributed by atoms with E-state index in [1.165, 1.54) is 51.4 Å². The number of esters is 1. The summed E-state index contributed by atoms with van der Waals surface area (Å²) in [6.45, 7) is 0.571. The monoisotopic (exact) mass is 493 g/mol. The summed E-state index contributed by atoms with van der Waals surface area (Å²) < 4.78 is 30.5. The number of imide groups is 1. The van der Waals surface area contributed by atoms with E-state index in [-0.39, 0.29) is 26.7 Å². The van der Waals surface area contributed by atoms with Gasteiger partial charge in [0, 0.05) is 14.1 Å². The highest BCUT2D eigenvalue weighted by Gasteiger charge is 2.41. The molecule has 12 heteroatoms. The number of ether oxygens (including phenoxy) is 1. The van der Waals surface area contributed by atoms with Crippen LogP contribution in [0.1, 0.15) is 27.6 Å². The summed E-state index contributed by atoms with van der Waals surface area (Å²) in [5.74, 6) is -3.01. The lowest BCUT2D eigenvalue weighted by molar-refractivity contribution is -0.150. The predicted octanol–water partition coefficient (Wildman–Crippen LogP) is 1.76. The molecule has 0 aromatic heterocycles. The molecule has 0 saturated carbocycles. The van der Waals surface area contributed by atoms with E-state index >= 15 is 0 Å². The Morgan fingerprint density at radius 2 is 1.67 bits per heavy atom. The minimum atomic E-state index is -3.76. The summed E-state index contributed by atoms with van der Waals surface area (Å²) in [7, 11) is -1.05. The molecule has 0 bridgehead atoms. The topological polar surface area (TPSA) is 130 Å². The molecule has 2 aromatic carbocycles. The van der Waals surface area contributed by atoms with Gasteiger partial charge in [0.15, 0.2) is 6.61 Å². The van der Waals surface area contributed by atoms with Crippen LogP contribution in [-0.4, -0.2) is 68.1 Å². The molecule has 0 unspecified atom stereocenters. The van der Waals surface area contributed by atoms with Gasteiger partial charge in [-0.25, -0.2) is 17.5 Å². The van der Waals surface area contributed by atoms with Gasteiger partial charge in [0.1, 0.15) is 6.04 Å². The van der Waals surface area contributed by atoms with Gasteiger partial charge in [0.05, 0.1) is 26.7 Å². The third-order valence-corrected chi connectivity index (χ3v) is 7.03. The lowest BCUT2D eigenvalue weighted by Crippen LogP contribution is -2.44. The van der Waals surface area contributed by atoms with Gasteiger partial charge in [-0.2, -0.15) is 0 Å². The Kier molecular flexibility index (Phi) is 6.86. The summed E-state index contributed by atoms with van der Waals surface area (Å²) in [5.41, 5.74) is 0.373. The number of carbonyl (C=O) groups excluding carboxylic acids is 4. The molecule has 3 amide bonds. The second-order valence-electron chi connectivity index (χ2n) is 7.29. The number of hydrogen-bond donors (Lipinski definition) is 1. The van der Waals surface area contributed by atoms with Crippen LogP contribution in [0.3, 0.4) is 0 Å². The van der Waals surface area contributed by atoms with E-state index in [1.54, 1.807) is 12.1 Å². The maximum Gasteiger partial charge on any atom is 0.329 e. The SMILES string of the molecule is C[C@H](C(=O)OCC(=O)Nc1cc(S(=O)(=O)N(C)C)ccc1Cl)N1C(=O)c2ccccc2C1=O. The largest absolute Gasteiger partial charge is 0.454 e.